The van der Waals surface area contributed by atoms with E-state index in [1.54, 1.807) is 11.3 Å². The molecular formula is C17H24N2O3S. The van der Waals surface area contributed by atoms with Gasteiger partial charge in [0, 0.05) is 19.5 Å². The van der Waals surface area contributed by atoms with E-state index in [-0.39, 0.29) is 24.1 Å². The number of carbonyl (C=O) groups is 2. The molecule has 0 radical (unpaired) electrons. The number of hydrogen-bond donors (Lipinski definition) is 0. The monoisotopic (exact) mass is 336 g/mol. The van der Waals surface area contributed by atoms with Gasteiger partial charge in [-0.05, 0) is 56.0 Å². The van der Waals surface area contributed by atoms with Crippen molar-refractivity contribution < 1.29 is 14.3 Å². The minimum atomic E-state index is -0.520. The Kier molecular flexibility index (Phi) is 4.12. The average Bonchev–Trinajstić information content (AvgIpc) is 3.03. The van der Waals surface area contributed by atoms with Gasteiger partial charge in [-0.3, -0.25) is 9.69 Å². The summed E-state index contributed by atoms with van der Waals surface area (Å²) < 4.78 is 5.61. The van der Waals surface area contributed by atoms with Crippen LogP contribution in [0.1, 0.15) is 50.8 Å². The van der Waals surface area contributed by atoms with Crippen LogP contribution in [-0.4, -0.2) is 46.5 Å². The number of thiophene rings is 1. The number of nitrogens with zero attached hydrogens (tertiary/aromatic N) is 2. The first kappa shape index (κ1) is 16.3. The molecule has 126 valence electrons. The van der Waals surface area contributed by atoms with Gasteiger partial charge in [-0.25, -0.2) is 4.79 Å². The summed E-state index contributed by atoms with van der Waals surface area (Å²) in [5, 5.41) is 4.20. The van der Waals surface area contributed by atoms with Gasteiger partial charge in [-0.15, -0.1) is 0 Å². The Morgan fingerprint density at radius 1 is 1.30 bits per heavy atom. The van der Waals surface area contributed by atoms with Gasteiger partial charge in [0.05, 0.1) is 12.1 Å². The molecule has 2 aliphatic heterocycles. The Morgan fingerprint density at radius 2 is 2.04 bits per heavy atom. The van der Waals surface area contributed by atoms with E-state index in [2.05, 4.69) is 17.7 Å². The maximum atomic E-state index is 12.7. The number of amides is 2. The molecule has 2 fully saturated rings. The van der Waals surface area contributed by atoms with E-state index in [0.717, 1.165) is 12.0 Å². The van der Waals surface area contributed by atoms with Crippen LogP contribution in [-0.2, 0) is 9.53 Å². The molecule has 2 atom stereocenters. The summed E-state index contributed by atoms with van der Waals surface area (Å²) in [7, 11) is 0. The Balaban J connectivity index is 1.93. The van der Waals surface area contributed by atoms with Crippen molar-refractivity contribution in [3.63, 3.8) is 0 Å². The molecule has 0 spiro atoms. The average molecular weight is 336 g/mol. The maximum absolute atomic E-state index is 12.7. The summed E-state index contributed by atoms with van der Waals surface area (Å²) in [5.74, 6) is 0.205. The van der Waals surface area contributed by atoms with Crippen molar-refractivity contribution in [2.45, 2.75) is 58.2 Å². The van der Waals surface area contributed by atoms with Crippen LogP contribution >= 0.6 is 11.3 Å². The van der Waals surface area contributed by atoms with Crippen LogP contribution in [0.5, 0.6) is 0 Å². The van der Waals surface area contributed by atoms with Gasteiger partial charge < -0.3 is 9.64 Å². The third-order valence-electron chi connectivity index (χ3n) is 4.50. The fraction of sp³-hybridized carbons (Fsp3) is 0.647. The third-order valence-corrected chi connectivity index (χ3v) is 5.38. The molecular weight excluding hydrogens is 312 g/mol. The molecule has 1 aromatic heterocycles. The summed E-state index contributed by atoms with van der Waals surface area (Å²) in [4.78, 5) is 28.6. The van der Waals surface area contributed by atoms with Crippen molar-refractivity contribution in [1.82, 2.24) is 9.80 Å². The number of ether oxygens (including phenoxy) is 1. The van der Waals surface area contributed by atoms with E-state index in [0.29, 0.717) is 19.5 Å². The molecule has 2 amide bonds. The number of fused-ring (bicyclic) bond motifs is 1. The van der Waals surface area contributed by atoms with Crippen molar-refractivity contribution in [2.24, 2.45) is 0 Å². The summed E-state index contributed by atoms with van der Waals surface area (Å²) >= 11 is 1.64. The minimum Gasteiger partial charge on any atom is -0.444 e. The van der Waals surface area contributed by atoms with Gasteiger partial charge in [0.2, 0.25) is 5.91 Å². The zero-order valence-corrected chi connectivity index (χ0v) is 15.0. The highest BCUT2D eigenvalue weighted by atomic mass is 32.1. The standard InChI is InChI=1S/C17H24N2O3S/c1-11-9-23-10-12(11)15-13-5-6-14(20)18(13)7-8-19(15)16(21)22-17(2,3)4/h9-10,13,15H,5-8H2,1-4H3. The second-order valence-electron chi connectivity index (χ2n) is 7.32. The zero-order chi connectivity index (χ0) is 16.8. The fourth-order valence-corrected chi connectivity index (χ4v) is 4.39. The van der Waals surface area contributed by atoms with Crippen molar-refractivity contribution in [2.75, 3.05) is 13.1 Å². The van der Waals surface area contributed by atoms with Crippen LogP contribution < -0.4 is 0 Å². The van der Waals surface area contributed by atoms with Gasteiger partial charge >= 0.3 is 6.09 Å². The van der Waals surface area contributed by atoms with Gasteiger partial charge in [-0.2, -0.15) is 11.3 Å². The lowest BCUT2D eigenvalue weighted by Crippen LogP contribution is -2.55. The lowest BCUT2D eigenvalue weighted by atomic mass is 9.93. The van der Waals surface area contributed by atoms with E-state index < -0.39 is 5.60 Å². The summed E-state index contributed by atoms with van der Waals surface area (Å²) in [5.41, 5.74) is 1.80. The molecule has 2 saturated heterocycles. The molecule has 3 heterocycles. The normalized spacial score (nSPS) is 24.8. The minimum absolute atomic E-state index is 0.0667. The van der Waals surface area contributed by atoms with Crippen LogP contribution in [0.25, 0.3) is 0 Å². The van der Waals surface area contributed by atoms with Crippen molar-refractivity contribution in [3.8, 4) is 0 Å². The number of carbonyl (C=O) groups excluding carboxylic acids is 2. The van der Waals surface area contributed by atoms with Gasteiger partial charge in [0.25, 0.3) is 0 Å². The zero-order valence-electron chi connectivity index (χ0n) is 14.2. The molecule has 5 nitrogen and oxygen atoms in total. The molecule has 3 rings (SSSR count). The van der Waals surface area contributed by atoms with Gasteiger partial charge in [0.15, 0.2) is 0 Å². The van der Waals surface area contributed by atoms with Crippen LogP contribution in [0, 0.1) is 6.92 Å². The van der Waals surface area contributed by atoms with E-state index in [4.69, 9.17) is 4.74 Å². The van der Waals surface area contributed by atoms with Gasteiger partial charge in [0.1, 0.15) is 5.60 Å². The predicted octanol–water partition coefficient (Wildman–Crippen LogP) is 3.34. The highest BCUT2D eigenvalue weighted by Crippen LogP contribution is 2.40. The number of hydrogen-bond acceptors (Lipinski definition) is 4. The molecule has 6 heteroatoms. The Morgan fingerprint density at radius 3 is 2.65 bits per heavy atom. The quantitative estimate of drug-likeness (QED) is 0.790. The van der Waals surface area contributed by atoms with E-state index in [1.807, 2.05) is 30.6 Å². The maximum Gasteiger partial charge on any atom is 0.410 e. The largest absolute Gasteiger partial charge is 0.444 e. The molecule has 2 aliphatic rings. The summed E-state index contributed by atoms with van der Waals surface area (Å²) in [6, 6.07) is -0.0339. The third kappa shape index (κ3) is 3.09. The number of aryl methyl sites for hydroxylation is 1. The van der Waals surface area contributed by atoms with Crippen LogP contribution in [0.4, 0.5) is 4.79 Å². The lowest BCUT2D eigenvalue weighted by molar-refractivity contribution is -0.132. The van der Waals surface area contributed by atoms with E-state index in [1.165, 1.54) is 5.56 Å². The van der Waals surface area contributed by atoms with Crippen molar-refractivity contribution in [3.05, 3.63) is 21.9 Å². The van der Waals surface area contributed by atoms with Crippen LogP contribution in [0.2, 0.25) is 0 Å². The second-order valence-corrected chi connectivity index (χ2v) is 8.07. The van der Waals surface area contributed by atoms with E-state index in [9.17, 15) is 9.59 Å². The molecule has 0 aromatic carbocycles. The molecule has 23 heavy (non-hydrogen) atoms. The highest BCUT2D eigenvalue weighted by molar-refractivity contribution is 7.08. The molecule has 0 aliphatic carbocycles. The van der Waals surface area contributed by atoms with Crippen LogP contribution in [0.15, 0.2) is 10.8 Å². The highest BCUT2D eigenvalue weighted by Gasteiger charge is 2.46. The SMILES string of the molecule is Cc1cscc1C1C2CCC(=O)N2CCN1C(=O)OC(C)(C)C. The molecule has 2 unspecified atom stereocenters. The lowest BCUT2D eigenvalue weighted by Gasteiger charge is -2.45. The first-order chi connectivity index (χ1) is 10.8. The second kappa shape index (κ2) is 5.82. The van der Waals surface area contributed by atoms with Crippen molar-refractivity contribution in [1.29, 1.82) is 0 Å². The molecule has 0 saturated carbocycles. The number of rotatable bonds is 1. The van der Waals surface area contributed by atoms with Crippen molar-refractivity contribution >= 4 is 23.3 Å². The van der Waals surface area contributed by atoms with E-state index >= 15 is 0 Å². The summed E-state index contributed by atoms with van der Waals surface area (Å²) in [6.45, 7) is 8.83. The first-order valence-corrected chi connectivity index (χ1v) is 9.04. The molecule has 0 bridgehead atoms. The smallest absolute Gasteiger partial charge is 0.410 e. The predicted molar refractivity (Wildman–Crippen MR) is 89.5 cm³/mol. The molecule has 1 aromatic rings. The number of piperazine rings is 1. The Hall–Kier alpha value is -1.56. The first-order valence-electron chi connectivity index (χ1n) is 8.10. The van der Waals surface area contributed by atoms with Gasteiger partial charge in [-0.1, -0.05) is 0 Å². The Labute approximate surface area is 141 Å². The summed E-state index contributed by atoms with van der Waals surface area (Å²) in [6.07, 6.45) is 1.09. The molecule has 0 N–H and O–H groups in total. The topological polar surface area (TPSA) is 49.9 Å². The van der Waals surface area contributed by atoms with Crippen LogP contribution in [0.3, 0.4) is 0 Å². The Bertz CT molecular complexity index is 620. The fourth-order valence-electron chi connectivity index (χ4n) is 3.51.